The normalized spacial score (nSPS) is 13.2. The van der Waals surface area contributed by atoms with E-state index in [1.165, 1.54) is 4.90 Å². The fourth-order valence-corrected chi connectivity index (χ4v) is 3.63. The summed E-state index contributed by atoms with van der Waals surface area (Å²) in [6.45, 7) is 4.27. The van der Waals surface area contributed by atoms with Crippen molar-refractivity contribution in [3.8, 4) is 0 Å². The summed E-state index contributed by atoms with van der Waals surface area (Å²) in [7, 11) is 1.67. The van der Waals surface area contributed by atoms with Crippen molar-refractivity contribution in [3.63, 3.8) is 0 Å². The van der Waals surface area contributed by atoms with Gasteiger partial charge in [-0.15, -0.1) is 0 Å². The Morgan fingerprint density at radius 3 is 2.56 bits per heavy atom. The number of benzene rings is 2. The number of carbonyl (C=O) groups excluding carboxylic acids is 2. The number of nitrogens with zero attached hydrogens (tertiary/aromatic N) is 2. The minimum atomic E-state index is -0.124. The molecular weight excluding hydrogens is 404 g/mol. The maximum absolute atomic E-state index is 12.5. The molecule has 0 aliphatic carbocycles. The Bertz CT molecular complexity index is 846. The van der Waals surface area contributed by atoms with E-state index in [0.717, 1.165) is 10.0 Å². The zero-order valence-corrected chi connectivity index (χ0v) is 16.0. The largest absolute Gasteiger partial charge is 0.314 e. The topological polar surface area (TPSA) is 40.6 Å². The molecule has 2 amide bonds. The van der Waals surface area contributed by atoms with Crippen LogP contribution in [0, 0.1) is 0 Å². The van der Waals surface area contributed by atoms with E-state index >= 15 is 0 Å². The highest BCUT2D eigenvalue weighted by Gasteiger charge is 2.30. The van der Waals surface area contributed by atoms with Crippen molar-refractivity contribution in [3.05, 3.63) is 69.7 Å². The van der Waals surface area contributed by atoms with Gasteiger partial charge >= 0.3 is 0 Å². The lowest BCUT2D eigenvalue weighted by Crippen LogP contribution is -2.32. The minimum Gasteiger partial charge on any atom is -0.314 e. The van der Waals surface area contributed by atoms with Gasteiger partial charge in [0.1, 0.15) is 0 Å². The van der Waals surface area contributed by atoms with Crippen LogP contribution in [-0.2, 0) is 4.79 Å². The van der Waals surface area contributed by atoms with Crippen molar-refractivity contribution in [2.75, 3.05) is 18.5 Å². The molecule has 1 aliphatic heterocycles. The van der Waals surface area contributed by atoms with E-state index in [1.54, 1.807) is 30.1 Å². The van der Waals surface area contributed by atoms with Gasteiger partial charge in [0.25, 0.3) is 5.91 Å². The van der Waals surface area contributed by atoms with E-state index in [1.807, 2.05) is 24.3 Å². The zero-order valence-electron chi connectivity index (χ0n) is 13.6. The molecule has 0 unspecified atom stereocenters. The van der Waals surface area contributed by atoms with Crippen LogP contribution in [0.5, 0.6) is 0 Å². The van der Waals surface area contributed by atoms with Gasteiger partial charge in [0.05, 0.1) is 10.7 Å². The summed E-state index contributed by atoms with van der Waals surface area (Å²) in [5.41, 5.74) is 2.72. The van der Waals surface area contributed by atoms with Crippen molar-refractivity contribution in [2.45, 2.75) is 6.42 Å². The summed E-state index contributed by atoms with van der Waals surface area (Å²) in [5, 5.41) is 0.485. The first kappa shape index (κ1) is 17.7. The molecule has 1 heterocycles. The summed E-state index contributed by atoms with van der Waals surface area (Å²) in [6, 6.07) is 12.7. The predicted octanol–water partition coefficient (Wildman–Crippen LogP) is 4.58. The number of fused-ring (bicyclic) bond motifs is 1. The second-order valence-corrected chi connectivity index (χ2v) is 7.07. The van der Waals surface area contributed by atoms with Crippen LogP contribution in [0.3, 0.4) is 0 Å². The fourth-order valence-electron chi connectivity index (χ4n) is 2.83. The van der Waals surface area contributed by atoms with E-state index in [-0.39, 0.29) is 24.8 Å². The van der Waals surface area contributed by atoms with Gasteiger partial charge in [0.2, 0.25) is 5.91 Å². The molecule has 0 bridgehead atoms. The summed E-state index contributed by atoms with van der Waals surface area (Å²) in [6.07, 6.45) is 0.182. The third-order valence-electron chi connectivity index (χ3n) is 4.23. The van der Waals surface area contributed by atoms with E-state index in [0.29, 0.717) is 22.0 Å². The highest BCUT2D eigenvalue weighted by atomic mass is 79.9. The fraction of sp³-hybridized carbons (Fsp3) is 0.158. The number of rotatable bonds is 4. The number of hydrogen-bond acceptors (Lipinski definition) is 2. The van der Waals surface area contributed by atoms with Crippen LogP contribution in [0.2, 0.25) is 5.02 Å². The molecule has 0 aromatic heterocycles. The SMILES string of the molecule is C=C1c2ccccc2C(=O)N1CCC(=O)N(C)c1ccc(Br)cc1Cl. The molecule has 0 saturated carbocycles. The molecule has 0 saturated heterocycles. The van der Waals surface area contributed by atoms with Crippen LogP contribution in [0.15, 0.2) is 53.5 Å². The molecule has 0 fully saturated rings. The van der Waals surface area contributed by atoms with Gasteiger partial charge in [-0.2, -0.15) is 0 Å². The zero-order chi connectivity index (χ0) is 18.1. The molecule has 1 aliphatic rings. The molecule has 25 heavy (non-hydrogen) atoms. The van der Waals surface area contributed by atoms with E-state index in [9.17, 15) is 9.59 Å². The van der Waals surface area contributed by atoms with Gasteiger partial charge in [-0.1, -0.05) is 52.3 Å². The van der Waals surface area contributed by atoms with Gasteiger partial charge in [0.15, 0.2) is 0 Å². The Morgan fingerprint density at radius 2 is 1.92 bits per heavy atom. The van der Waals surface area contributed by atoms with Crippen molar-refractivity contribution in [1.82, 2.24) is 4.90 Å². The van der Waals surface area contributed by atoms with Crippen molar-refractivity contribution in [1.29, 1.82) is 0 Å². The molecule has 0 N–H and O–H groups in total. The smallest absolute Gasteiger partial charge is 0.258 e. The molecule has 2 aromatic rings. The number of carbonyl (C=O) groups is 2. The lowest BCUT2D eigenvalue weighted by atomic mass is 10.1. The average Bonchev–Trinajstić information content (AvgIpc) is 2.84. The molecule has 6 heteroatoms. The van der Waals surface area contributed by atoms with Crippen molar-refractivity contribution >= 4 is 50.7 Å². The average molecular weight is 420 g/mol. The van der Waals surface area contributed by atoms with Gasteiger partial charge < -0.3 is 9.80 Å². The Kier molecular flexibility index (Phi) is 4.97. The molecule has 128 valence electrons. The maximum Gasteiger partial charge on any atom is 0.258 e. The van der Waals surface area contributed by atoms with Crippen molar-refractivity contribution in [2.24, 2.45) is 0 Å². The number of amides is 2. The lowest BCUT2D eigenvalue weighted by Gasteiger charge is -2.22. The first-order valence-corrected chi connectivity index (χ1v) is 8.89. The van der Waals surface area contributed by atoms with Crippen LogP contribution < -0.4 is 4.90 Å². The van der Waals surface area contributed by atoms with Gasteiger partial charge in [-0.3, -0.25) is 9.59 Å². The Morgan fingerprint density at radius 1 is 1.24 bits per heavy atom. The summed E-state index contributed by atoms with van der Waals surface area (Å²) in [4.78, 5) is 28.0. The Hall–Kier alpha value is -2.11. The predicted molar refractivity (Wildman–Crippen MR) is 104 cm³/mol. The monoisotopic (exact) mass is 418 g/mol. The Balaban J connectivity index is 1.69. The molecule has 0 radical (unpaired) electrons. The van der Waals surface area contributed by atoms with E-state index in [4.69, 9.17) is 11.6 Å². The van der Waals surface area contributed by atoms with Gasteiger partial charge in [0, 0.05) is 41.3 Å². The summed E-state index contributed by atoms with van der Waals surface area (Å²) in [5.74, 6) is -0.237. The quantitative estimate of drug-likeness (QED) is 0.728. The Labute approximate surface area is 159 Å². The highest BCUT2D eigenvalue weighted by Crippen LogP contribution is 2.32. The van der Waals surface area contributed by atoms with Gasteiger partial charge in [-0.05, 0) is 24.3 Å². The number of halogens is 2. The lowest BCUT2D eigenvalue weighted by molar-refractivity contribution is -0.118. The van der Waals surface area contributed by atoms with E-state index in [2.05, 4.69) is 22.5 Å². The summed E-state index contributed by atoms with van der Waals surface area (Å²) >= 11 is 9.54. The summed E-state index contributed by atoms with van der Waals surface area (Å²) < 4.78 is 0.846. The third-order valence-corrected chi connectivity index (χ3v) is 5.03. The second kappa shape index (κ2) is 7.02. The second-order valence-electron chi connectivity index (χ2n) is 5.75. The van der Waals surface area contributed by atoms with Crippen LogP contribution >= 0.6 is 27.5 Å². The van der Waals surface area contributed by atoms with Gasteiger partial charge in [-0.25, -0.2) is 0 Å². The maximum atomic E-state index is 12.5. The first-order chi connectivity index (χ1) is 11.9. The van der Waals surface area contributed by atoms with Crippen molar-refractivity contribution < 1.29 is 9.59 Å². The number of hydrogen-bond donors (Lipinski definition) is 0. The molecule has 0 spiro atoms. The molecule has 2 aromatic carbocycles. The molecular formula is C19H16BrClN2O2. The molecule has 4 nitrogen and oxygen atoms in total. The van der Waals surface area contributed by atoms with Crippen LogP contribution in [0.1, 0.15) is 22.3 Å². The van der Waals surface area contributed by atoms with Crippen LogP contribution in [-0.4, -0.2) is 30.3 Å². The third kappa shape index (κ3) is 3.34. The first-order valence-electron chi connectivity index (χ1n) is 7.72. The highest BCUT2D eigenvalue weighted by molar-refractivity contribution is 9.10. The molecule has 3 rings (SSSR count). The molecule has 0 atom stereocenters. The minimum absolute atomic E-state index is 0.113. The number of anilines is 1. The van der Waals surface area contributed by atoms with Crippen LogP contribution in [0.4, 0.5) is 5.69 Å². The van der Waals surface area contributed by atoms with Crippen LogP contribution in [0.25, 0.3) is 5.70 Å². The standard InChI is InChI=1S/C19H16BrClN2O2/c1-12-14-5-3-4-6-15(14)19(25)23(12)10-9-18(24)22(2)17-8-7-13(20)11-16(17)21/h3-8,11H,1,9-10H2,2H3. The van der Waals surface area contributed by atoms with E-state index < -0.39 is 0 Å².